The molecule has 0 radical (unpaired) electrons. The van der Waals surface area contributed by atoms with Gasteiger partial charge in [0.15, 0.2) is 0 Å². The first kappa shape index (κ1) is 10.3. The van der Waals surface area contributed by atoms with Crippen LogP contribution in [0.1, 0.15) is 22.0 Å². The molecule has 1 aromatic carbocycles. The number of thiophene rings is 1. The highest BCUT2D eigenvalue weighted by atomic mass is 32.1. The Kier molecular flexibility index (Phi) is 2.84. The lowest BCUT2D eigenvalue weighted by Gasteiger charge is -2.11. The van der Waals surface area contributed by atoms with Gasteiger partial charge in [0.2, 0.25) is 0 Å². The van der Waals surface area contributed by atoms with Crippen molar-refractivity contribution in [3.63, 3.8) is 0 Å². The van der Waals surface area contributed by atoms with E-state index in [9.17, 15) is 4.39 Å². The van der Waals surface area contributed by atoms with Crippen LogP contribution in [0.5, 0.6) is 0 Å². The van der Waals surface area contributed by atoms with Crippen LogP contribution in [0, 0.1) is 12.7 Å². The third-order valence-corrected chi connectivity index (χ3v) is 3.29. The zero-order valence-corrected chi connectivity index (χ0v) is 9.22. The number of hydrogen-bond donors (Lipinski definition) is 1. The molecule has 0 saturated carbocycles. The largest absolute Gasteiger partial charge is 0.320 e. The Hall–Kier alpha value is -1.19. The van der Waals surface area contributed by atoms with E-state index in [0.717, 1.165) is 10.4 Å². The summed E-state index contributed by atoms with van der Waals surface area (Å²) >= 11 is 1.55. The van der Waals surface area contributed by atoms with E-state index in [-0.39, 0.29) is 11.9 Å². The molecule has 2 N–H and O–H groups in total. The quantitative estimate of drug-likeness (QED) is 0.827. The highest BCUT2D eigenvalue weighted by Crippen LogP contribution is 2.26. The van der Waals surface area contributed by atoms with Crippen LogP contribution >= 0.6 is 11.3 Å². The fourth-order valence-electron chi connectivity index (χ4n) is 1.52. The Bertz CT molecular complexity index is 451. The molecule has 78 valence electrons. The van der Waals surface area contributed by atoms with E-state index in [0.29, 0.717) is 5.56 Å². The van der Waals surface area contributed by atoms with Gasteiger partial charge in [0.1, 0.15) is 5.82 Å². The predicted molar refractivity (Wildman–Crippen MR) is 61.5 cm³/mol. The predicted octanol–water partition coefficient (Wildman–Crippen LogP) is 3.24. The third-order valence-electron chi connectivity index (χ3n) is 2.34. The second kappa shape index (κ2) is 4.13. The minimum absolute atomic E-state index is 0.235. The van der Waals surface area contributed by atoms with Crippen LogP contribution in [-0.4, -0.2) is 0 Å². The zero-order chi connectivity index (χ0) is 10.8. The molecule has 15 heavy (non-hydrogen) atoms. The van der Waals surface area contributed by atoms with Crippen LogP contribution in [-0.2, 0) is 0 Å². The Labute approximate surface area is 92.4 Å². The van der Waals surface area contributed by atoms with E-state index in [1.54, 1.807) is 23.5 Å². The monoisotopic (exact) mass is 221 g/mol. The molecule has 0 aliphatic heterocycles. The summed E-state index contributed by atoms with van der Waals surface area (Å²) in [5, 5.41) is 1.95. The Morgan fingerprint density at radius 1 is 1.33 bits per heavy atom. The number of aryl methyl sites for hydroxylation is 1. The van der Waals surface area contributed by atoms with Gasteiger partial charge in [-0.25, -0.2) is 4.39 Å². The fraction of sp³-hybridized carbons (Fsp3) is 0.167. The third kappa shape index (κ3) is 2.08. The van der Waals surface area contributed by atoms with Crippen LogP contribution in [0.3, 0.4) is 0 Å². The van der Waals surface area contributed by atoms with Gasteiger partial charge in [0.05, 0.1) is 6.04 Å². The maximum Gasteiger partial charge on any atom is 0.128 e. The summed E-state index contributed by atoms with van der Waals surface area (Å²) in [5.41, 5.74) is 7.59. The van der Waals surface area contributed by atoms with Crippen molar-refractivity contribution in [3.05, 3.63) is 57.5 Å². The van der Waals surface area contributed by atoms with E-state index in [2.05, 4.69) is 0 Å². The van der Waals surface area contributed by atoms with Crippen LogP contribution in [0.4, 0.5) is 4.39 Å². The van der Waals surface area contributed by atoms with Crippen molar-refractivity contribution in [1.29, 1.82) is 0 Å². The second-order valence-electron chi connectivity index (χ2n) is 3.52. The first-order valence-corrected chi connectivity index (χ1v) is 5.61. The lowest BCUT2D eigenvalue weighted by Crippen LogP contribution is -2.12. The Morgan fingerprint density at radius 3 is 2.80 bits per heavy atom. The standard InChI is InChI=1S/C12H12FNS/c1-8-4-5-10(13)9(7-8)12(14)11-3-2-6-15-11/h2-7,12H,14H2,1H3/t12-/m0/s1. The molecular weight excluding hydrogens is 209 g/mol. The SMILES string of the molecule is Cc1ccc(F)c([C@H](N)c2cccs2)c1. The summed E-state index contributed by atoms with van der Waals surface area (Å²) in [6.45, 7) is 1.93. The summed E-state index contributed by atoms with van der Waals surface area (Å²) in [6, 6.07) is 8.52. The summed E-state index contributed by atoms with van der Waals surface area (Å²) in [7, 11) is 0. The van der Waals surface area contributed by atoms with Gasteiger partial charge in [-0.1, -0.05) is 23.8 Å². The molecule has 0 amide bonds. The first-order valence-electron chi connectivity index (χ1n) is 4.73. The number of rotatable bonds is 2. The van der Waals surface area contributed by atoms with Gasteiger partial charge in [-0.05, 0) is 24.4 Å². The highest BCUT2D eigenvalue weighted by molar-refractivity contribution is 7.10. The van der Waals surface area contributed by atoms with E-state index in [1.165, 1.54) is 6.07 Å². The molecule has 1 atom stereocenters. The summed E-state index contributed by atoms with van der Waals surface area (Å²) in [4.78, 5) is 0.986. The molecule has 1 aromatic heterocycles. The average Bonchev–Trinajstić information content (AvgIpc) is 2.74. The highest BCUT2D eigenvalue weighted by Gasteiger charge is 2.14. The molecule has 1 nitrogen and oxygen atoms in total. The van der Waals surface area contributed by atoms with Gasteiger partial charge in [-0.15, -0.1) is 11.3 Å². The van der Waals surface area contributed by atoms with Crippen molar-refractivity contribution in [3.8, 4) is 0 Å². The average molecular weight is 221 g/mol. The molecule has 0 saturated heterocycles. The Morgan fingerprint density at radius 2 is 2.13 bits per heavy atom. The molecule has 3 heteroatoms. The van der Waals surface area contributed by atoms with Crippen molar-refractivity contribution in [2.24, 2.45) is 5.73 Å². The molecule has 0 fully saturated rings. The lowest BCUT2D eigenvalue weighted by atomic mass is 10.0. The van der Waals surface area contributed by atoms with Crippen LogP contribution in [0.25, 0.3) is 0 Å². The minimum Gasteiger partial charge on any atom is -0.320 e. The van der Waals surface area contributed by atoms with Crippen molar-refractivity contribution in [2.45, 2.75) is 13.0 Å². The summed E-state index contributed by atoms with van der Waals surface area (Å²) in [6.07, 6.45) is 0. The van der Waals surface area contributed by atoms with Gasteiger partial charge in [-0.2, -0.15) is 0 Å². The molecule has 2 rings (SSSR count). The van der Waals surface area contributed by atoms with Crippen molar-refractivity contribution < 1.29 is 4.39 Å². The molecule has 0 aliphatic rings. The van der Waals surface area contributed by atoms with E-state index in [4.69, 9.17) is 5.73 Å². The van der Waals surface area contributed by atoms with Gasteiger partial charge >= 0.3 is 0 Å². The molecule has 2 aromatic rings. The van der Waals surface area contributed by atoms with Gasteiger partial charge in [0.25, 0.3) is 0 Å². The van der Waals surface area contributed by atoms with E-state index in [1.807, 2.05) is 24.4 Å². The first-order chi connectivity index (χ1) is 7.18. The fourth-order valence-corrected chi connectivity index (χ4v) is 2.27. The van der Waals surface area contributed by atoms with Crippen LogP contribution < -0.4 is 5.73 Å². The van der Waals surface area contributed by atoms with Gasteiger partial charge in [0, 0.05) is 10.4 Å². The van der Waals surface area contributed by atoms with Crippen LogP contribution in [0.2, 0.25) is 0 Å². The van der Waals surface area contributed by atoms with E-state index < -0.39 is 0 Å². The lowest BCUT2D eigenvalue weighted by molar-refractivity contribution is 0.600. The molecule has 0 bridgehead atoms. The zero-order valence-electron chi connectivity index (χ0n) is 8.41. The smallest absolute Gasteiger partial charge is 0.128 e. The van der Waals surface area contributed by atoms with Crippen molar-refractivity contribution in [1.82, 2.24) is 0 Å². The maximum atomic E-state index is 13.5. The van der Waals surface area contributed by atoms with Gasteiger partial charge in [-0.3, -0.25) is 0 Å². The molecular formula is C12H12FNS. The van der Waals surface area contributed by atoms with Crippen molar-refractivity contribution >= 4 is 11.3 Å². The molecule has 0 aliphatic carbocycles. The Balaban J connectivity index is 2.41. The number of halogens is 1. The van der Waals surface area contributed by atoms with Gasteiger partial charge < -0.3 is 5.73 Å². The molecule has 1 heterocycles. The summed E-state index contributed by atoms with van der Waals surface area (Å²) in [5.74, 6) is -0.235. The molecule has 0 spiro atoms. The normalized spacial score (nSPS) is 12.7. The maximum absolute atomic E-state index is 13.5. The molecule has 0 unspecified atom stereocenters. The van der Waals surface area contributed by atoms with E-state index >= 15 is 0 Å². The summed E-state index contributed by atoms with van der Waals surface area (Å²) < 4.78 is 13.5. The number of nitrogens with two attached hydrogens (primary N) is 1. The number of benzene rings is 1. The second-order valence-corrected chi connectivity index (χ2v) is 4.50. The topological polar surface area (TPSA) is 26.0 Å². The number of hydrogen-bond acceptors (Lipinski definition) is 2. The van der Waals surface area contributed by atoms with Crippen molar-refractivity contribution in [2.75, 3.05) is 0 Å². The van der Waals surface area contributed by atoms with Crippen LogP contribution in [0.15, 0.2) is 35.7 Å². The minimum atomic E-state index is -0.357.